The summed E-state index contributed by atoms with van der Waals surface area (Å²) in [6.07, 6.45) is 0. The Kier molecular flexibility index (Phi) is 4.59. The fourth-order valence-corrected chi connectivity index (χ4v) is 2.99. The molecule has 2 rings (SSSR count). The molecule has 1 aromatic heterocycles. The Bertz CT molecular complexity index is 465. The van der Waals surface area contributed by atoms with Gasteiger partial charge < -0.3 is 4.74 Å². The summed E-state index contributed by atoms with van der Waals surface area (Å²) in [5.74, 6) is 1.11. The van der Waals surface area contributed by atoms with Crippen molar-refractivity contribution in [2.45, 2.75) is 18.4 Å². The van der Waals surface area contributed by atoms with E-state index in [4.69, 9.17) is 4.74 Å². The van der Waals surface area contributed by atoms with Crippen molar-refractivity contribution in [1.82, 2.24) is 4.98 Å². The van der Waals surface area contributed by atoms with Crippen molar-refractivity contribution < 1.29 is 4.74 Å². The molecule has 0 bridgehead atoms. The Morgan fingerprint density at radius 2 is 2.06 bits per heavy atom. The van der Waals surface area contributed by atoms with Crippen LogP contribution in [0.4, 0.5) is 0 Å². The first kappa shape index (κ1) is 12.6. The summed E-state index contributed by atoms with van der Waals surface area (Å²) in [6, 6.07) is 8.57. The first-order valence-electron chi connectivity index (χ1n) is 5.50. The monoisotopic (exact) mass is 265 g/mol. The molecule has 0 N–H and O–H groups in total. The van der Waals surface area contributed by atoms with Crippen molar-refractivity contribution in [3.05, 3.63) is 35.3 Å². The van der Waals surface area contributed by atoms with Gasteiger partial charge in [0, 0.05) is 22.9 Å². The zero-order chi connectivity index (χ0) is 12.1. The van der Waals surface area contributed by atoms with Gasteiger partial charge in [-0.1, -0.05) is 19.1 Å². The molecule has 0 aliphatic heterocycles. The topological polar surface area (TPSA) is 22.1 Å². The quantitative estimate of drug-likeness (QED) is 0.761. The maximum Gasteiger partial charge on any atom is 0.123 e. The Balaban J connectivity index is 2.15. The predicted octanol–water partition coefficient (Wildman–Crippen LogP) is 4.07. The van der Waals surface area contributed by atoms with Crippen LogP contribution in [0.5, 0.6) is 0 Å². The van der Waals surface area contributed by atoms with Crippen LogP contribution in [0.25, 0.3) is 10.6 Å². The van der Waals surface area contributed by atoms with Crippen molar-refractivity contribution in [2.24, 2.45) is 0 Å². The number of hydrogen-bond acceptors (Lipinski definition) is 4. The number of hydrogen-bond donors (Lipinski definition) is 0. The molecule has 0 unspecified atom stereocenters. The zero-order valence-corrected chi connectivity index (χ0v) is 11.6. The molecule has 2 nitrogen and oxygen atoms in total. The third-order valence-electron chi connectivity index (χ3n) is 2.26. The molecule has 0 aliphatic rings. The highest BCUT2D eigenvalue weighted by molar-refractivity contribution is 7.99. The van der Waals surface area contributed by atoms with Crippen molar-refractivity contribution in [1.29, 1.82) is 0 Å². The van der Waals surface area contributed by atoms with E-state index < -0.39 is 0 Å². The number of aromatic nitrogens is 1. The lowest BCUT2D eigenvalue weighted by Gasteiger charge is -2.00. The average Bonchev–Trinajstić information content (AvgIpc) is 2.80. The highest BCUT2D eigenvalue weighted by Gasteiger charge is 2.04. The molecule has 2 aromatic rings. The van der Waals surface area contributed by atoms with E-state index in [9.17, 15) is 0 Å². The third-order valence-corrected chi connectivity index (χ3v) is 4.09. The van der Waals surface area contributed by atoms with E-state index in [0.717, 1.165) is 16.5 Å². The minimum atomic E-state index is 0.584. The minimum Gasteiger partial charge on any atom is -0.378 e. The predicted molar refractivity (Wildman–Crippen MR) is 74.7 cm³/mol. The van der Waals surface area contributed by atoms with Gasteiger partial charge in [-0.2, -0.15) is 0 Å². The molecular formula is C13H15NOS2. The number of rotatable bonds is 5. The number of methoxy groups -OCH3 is 1. The Hall–Kier alpha value is -0.840. The SMILES string of the molecule is CCSc1ccc(-c2nc(COC)cs2)cc1. The molecular weight excluding hydrogens is 250 g/mol. The molecule has 0 amide bonds. The van der Waals surface area contributed by atoms with Gasteiger partial charge in [-0.05, 0) is 17.9 Å². The van der Waals surface area contributed by atoms with Crippen LogP contribution < -0.4 is 0 Å². The summed E-state index contributed by atoms with van der Waals surface area (Å²) in [7, 11) is 1.69. The highest BCUT2D eigenvalue weighted by atomic mass is 32.2. The molecule has 1 heterocycles. The van der Waals surface area contributed by atoms with Crippen LogP contribution in [-0.4, -0.2) is 17.8 Å². The van der Waals surface area contributed by atoms with Crippen LogP contribution >= 0.6 is 23.1 Å². The van der Waals surface area contributed by atoms with Gasteiger partial charge in [-0.15, -0.1) is 23.1 Å². The van der Waals surface area contributed by atoms with E-state index in [1.54, 1.807) is 18.4 Å². The van der Waals surface area contributed by atoms with E-state index in [0.29, 0.717) is 6.61 Å². The maximum atomic E-state index is 5.07. The second-order valence-electron chi connectivity index (χ2n) is 3.53. The van der Waals surface area contributed by atoms with Crippen molar-refractivity contribution in [2.75, 3.05) is 12.9 Å². The van der Waals surface area contributed by atoms with Crippen LogP contribution in [-0.2, 0) is 11.3 Å². The summed E-state index contributed by atoms with van der Waals surface area (Å²) in [5.41, 5.74) is 2.18. The average molecular weight is 265 g/mol. The fourth-order valence-electron chi connectivity index (χ4n) is 1.51. The second-order valence-corrected chi connectivity index (χ2v) is 5.73. The first-order valence-corrected chi connectivity index (χ1v) is 7.36. The second kappa shape index (κ2) is 6.19. The smallest absolute Gasteiger partial charge is 0.123 e. The normalized spacial score (nSPS) is 10.7. The van der Waals surface area contributed by atoms with Crippen LogP contribution in [0.1, 0.15) is 12.6 Å². The van der Waals surface area contributed by atoms with Gasteiger partial charge in [0.2, 0.25) is 0 Å². The molecule has 0 spiro atoms. The summed E-state index contributed by atoms with van der Waals surface area (Å²) in [4.78, 5) is 5.84. The number of benzene rings is 1. The lowest BCUT2D eigenvalue weighted by molar-refractivity contribution is 0.182. The molecule has 90 valence electrons. The Labute approximate surface area is 110 Å². The first-order chi connectivity index (χ1) is 8.33. The summed E-state index contributed by atoms with van der Waals surface area (Å²) in [5, 5.41) is 3.11. The number of nitrogens with zero attached hydrogens (tertiary/aromatic N) is 1. The largest absolute Gasteiger partial charge is 0.378 e. The maximum absolute atomic E-state index is 5.07. The summed E-state index contributed by atoms with van der Waals surface area (Å²) < 4.78 is 5.07. The van der Waals surface area contributed by atoms with Gasteiger partial charge in [0.25, 0.3) is 0 Å². The molecule has 0 saturated heterocycles. The Morgan fingerprint density at radius 3 is 2.71 bits per heavy atom. The van der Waals surface area contributed by atoms with Crippen molar-refractivity contribution >= 4 is 23.1 Å². The van der Waals surface area contributed by atoms with Crippen LogP contribution in [0.3, 0.4) is 0 Å². The molecule has 0 fully saturated rings. The van der Waals surface area contributed by atoms with Crippen LogP contribution in [0, 0.1) is 0 Å². The van der Waals surface area contributed by atoms with Crippen molar-refractivity contribution in [3.63, 3.8) is 0 Å². The number of ether oxygens (including phenoxy) is 1. The summed E-state index contributed by atoms with van der Waals surface area (Å²) >= 11 is 3.52. The van der Waals surface area contributed by atoms with Crippen LogP contribution in [0.15, 0.2) is 34.5 Å². The van der Waals surface area contributed by atoms with E-state index in [2.05, 4.69) is 36.2 Å². The van der Waals surface area contributed by atoms with Gasteiger partial charge in [0.05, 0.1) is 12.3 Å². The zero-order valence-electron chi connectivity index (χ0n) is 9.97. The molecule has 0 saturated carbocycles. The van der Waals surface area contributed by atoms with Gasteiger partial charge in [0.1, 0.15) is 5.01 Å². The van der Waals surface area contributed by atoms with E-state index in [1.165, 1.54) is 10.5 Å². The molecule has 0 radical (unpaired) electrons. The fraction of sp³-hybridized carbons (Fsp3) is 0.308. The Morgan fingerprint density at radius 1 is 1.29 bits per heavy atom. The van der Waals surface area contributed by atoms with Crippen molar-refractivity contribution in [3.8, 4) is 10.6 Å². The van der Waals surface area contributed by atoms with Gasteiger partial charge in [0.15, 0.2) is 0 Å². The highest BCUT2D eigenvalue weighted by Crippen LogP contribution is 2.26. The minimum absolute atomic E-state index is 0.584. The van der Waals surface area contributed by atoms with Gasteiger partial charge in [-0.3, -0.25) is 0 Å². The molecule has 17 heavy (non-hydrogen) atoms. The number of thiazole rings is 1. The number of thioether (sulfide) groups is 1. The lowest BCUT2D eigenvalue weighted by atomic mass is 10.2. The molecule has 0 atom stereocenters. The summed E-state index contributed by atoms with van der Waals surface area (Å²) in [6.45, 7) is 2.75. The lowest BCUT2D eigenvalue weighted by Crippen LogP contribution is -1.87. The molecule has 4 heteroatoms. The van der Waals surface area contributed by atoms with E-state index in [-0.39, 0.29) is 0 Å². The molecule has 1 aromatic carbocycles. The van der Waals surface area contributed by atoms with E-state index >= 15 is 0 Å². The van der Waals surface area contributed by atoms with Gasteiger partial charge in [-0.25, -0.2) is 4.98 Å². The third kappa shape index (κ3) is 3.31. The van der Waals surface area contributed by atoms with Gasteiger partial charge >= 0.3 is 0 Å². The standard InChI is InChI=1S/C13H15NOS2/c1-3-16-12-6-4-10(5-7-12)13-14-11(8-15-2)9-17-13/h4-7,9H,3,8H2,1-2H3. The van der Waals surface area contributed by atoms with E-state index in [1.807, 2.05) is 17.1 Å². The van der Waals surface area contributed by atoms with Crippen LogP contribution in [0.2, 0.25) is 0 Å². The molecule has 0 aliphatic carbocycles.